The molecule has 0 amide bonds. The summed E-state index contributed by atoms with van der Waals surface area (Å²) in [6, 6.07) is 17.8. The Morgan fingerprint density at radius 3 is 2.81 bits per heavy atom. The molecule has 3 rings (SSSR count). The SMILES string of the molecule is OC(CNc1ccc2sccc2c1)COc1ccccc1. The number of fused-ring (bicyclic) bond motifs is 1. The molecule has 1 aromatic heterocycles. The largest absolute Gasteiger partial charge is 0.491 e. The molecule has 1 heterocycles. The van der Waals surface area contributed by atoms with Crippen LogP contribution in [0.25, 0.3) is 10.1 Å². The van der Waals surface area contributed by atoms with Gasteiger partial charge in [-0.15, -0.1) is 11.3 Å². The van der Waals surface area contributed by atoms with Gasteiger partial charge in [-0.3, -0.25) is 0 Å². The maximum Gasteiger partial charge on any atom is 0.119 e. The highest BCUT2D eigenvalue weighted by Crippen LogP contribution is 2.23. The van der Waals surface area contributed by atoms with Crippen LogP contribution >= 0.6 is 11.3 Å². The van der Waals surface area contributed by atoms with Crippen LogP contribution in [0, 0.1) is 0 Å². The Morgan fingerprint density at radius 1 is 1.10 bits per heavy atom. The highest BCUT2D eigenvalue weighted by Gasteiger charge is 2.05. The summed E-state index contributed by atoms with van der Waals surface area (Å²) in [4.78, 5) is 0. The molecule has 108 valence electrons. The van der Waals surface area contributed by atoms with E-state index in [4.69, 9.17) is 4.74 Å². The van der Waals surface area contributed by atoms with Crippen LogP contribution in [0.1, 0.15) is 0 Å². The lowest BCUT2D eigenvalue weighted by molar-refractivity contribution is 0.117. The van der Waals surface area contributed by atoms with E-state index in [1.807, 2.05) is 36.4 Å². The summed E-state index contributed by atoms with van der Waals surface area (Å²) >= 11 is 1.73. The molecular formula is C17H17NO2S. The van der Waals surface area contributed by atoms with E-state index < -0.39 is 6.10 Å². The first-order valence-electron chi connectivity index (χ1n) is 6.88. The molecule has 0 bridgehead atoms. The molecule has 4 heteroatoms. The first-order chi connectivity index (χ1) is 10.3. The van der Waals surface area contributed by atoms with Gasteiger partial charge in [-0.2, -0.15) is 0 Å². The van der Waals surface area contributed by atoms with Crippen LogP contribution < -0.4 is 10.1 Å². The lowest BCUT2D eigenvalue weighted by Gasteiger charge is -2.14. The van der Waals surface area contributed by atoms with E-state index in [0.717, 1.165) is 11.4 Å². The van der Waals surface area contributed by atoms with Crippen LogP contribution in [-0.4, -0.2) is 24.4 Å². The summed E-state index contributed by atoms with van der Waals surface area (Å²) in [5.41, 5.74) is 1.01. The van der Waals surface area contributed by atoms with Crippen LogP contribution in [0.2, 0.25) is 0 Å². The highest BCUT2D eigenvalue weighted by atomic mass is 32.1. The third kappa shape index (κ3) is 3.74. The Bertz CT molecular complexity index is 696. The molecule has 0 radical (unpaired) electrons. The number of rotatable bonds is 6. The van der Waals surface area contributed by atoms with Crippen LogP contribution in [0.4, 0.5) is 5.69 Å². The lowest BCUT2D eigenvalue weighted by Crippen LogP contribution is -2.26. The molecule has 1 unspecified atom stereocenters. The summed E-state index contributed by atoms with van der Waals surface area (Å²) in [6.45, 7) is 0.736. The van der Waals surface area contributed by atoms with E-state index in [-0.39, 0.29) is 6.61 Å². The average molecular weight is 299 g/mol. The van der Waals surface area contributed by atoms with Gasteiger partial charge in [0.1, 0.15) is 18.5 Å². The molecule has 0 saturated heterocycles. The molecule has 1 atom stereocenters. The van der Waals surface area contributed by atoms with E-state index in [1.165, 1.54) is 10.1 Å². The molecule has 0 aliphatic rings. The Morgan fingerprint density at radius 2 is 1.95 bits per heavy atom. The monoisotopic (exact) mass is 299 g/mol. The van der Waals surface area contributed by atoms with Crippen LogP contribution in [-0.2, 0) is 0 Å². The number of aliphatic hydroxyl groups excluding tert-OH is 1. The van der Waals surface area contributed by atoms with Crippen LogP contribution in [0.5, 0.6) is 5.75 Å². The van der Waals surface area contributed by atoms with Crippen LogP contribution in [0.15, 0.2) is 60.0 Å². The number of anilines is 1. The molecule has 0 aliphatic carbocycles. The predicted molar refractivity (Wildman–Crippen MR) is 88.3 cm³/mol. The summed E-state index contributed by atoms with van der Waals surface area (Å²) in [5.74, 6) is 0.774. The van der Waals surface area contributed by atoms with E-state index >= 15 is 0 Å². The minimum atomic E-state index is -0.552. The minimum absolute atomic E-state index is 0.276. The van der Waals surface area contributed by atoms with Crippen molar-refractivity contribution in [3.05, 3.63) is 60.0 Å². The topological polar surface area (TPSA) is 41.5 Å². The second-order valence-corrected chi connectivity index (χ2v) is 5.78. The number of hydrogen-bond acceptors (Lipinski definition) is 4. The second kappa shape index (κ2) is 6.61. The van der Waals surface area contributed by atoms with Crippen molar-refractivity contribution in [3.8, 4) is 5.75 Å². The van der Waals surface area contributed by atoms with E-state index in [2.05, 4.69) is 28.9 Å². The molecule has 0 aliphatic heterocycles. The summed E-state index contributed by atoms with van der Waals surface area (Å²) in [7, 11) is 0. The van der Waals surface area contributed by atoms with E-state index in [0.29, 0.717) is 6.54 Å². The van der Waals surface area contributed by atoms with Gasteiger partial charge in [-0.05, 0) is 47.2 Å². The number of hydrogen-bond donors (Lipinski definition) is 2. The van der Waals surface area contributed by atoms with Crippen molar-refractivity contribution >= 4 is 27.1 Å². The summed E-state index contributed by atoms with van der Waals surface area (Å²) in [6.07, 6.45) is -0.552. The maximum absolute atomic E-state index is 9.96. The molecule has 3 aromatic rings. The van der Waals surface area contributed by atoms with Gasteiger partial charge < -0.3 is 15.2 Å². The van der Waals surface area contributed by atoms with Crippen molar-refractivity contribution in [1.82, 2.24) is 0 Å². The zero-order valence-corrected chi connectivity index (χ0v) is 12.3. The zero-order valence-electron chi connectivity index (χ0n) is 11.5. The molecule has 0 spiro atoms. The molecule has 0 fully saturated rings. The van der Waals surface area contributed by atoms with Gasteiger partial charge in [0.25, 0.3) is 0 Å². The predicted octanol–water partition coefficient (Wildman–Crippen LogP) is 3.75. The molecule has 3 nitrogen and oxygen atoms in total. The van der Waals surface area contributed by atoms with Gasteiger partial charge in [0.05, 0.1) is 0 Å². The third-order valence-electron chi connectivity index (χ3n) is 3.18. The standard InChI is InChI=1S/C17H17NO2S/c19-15(12-20-16-4-2-1-3-5-16)11-18-14-6-7-17-13(10-14)8-9-21-17/h1-10,15,18-19H,11-12H2. The first kappa shape index (κ1) is 13.9. The molecular weight excluding hydrogens is 282 g/mol. The Hall–Kier alpha value is -2.04. The average Bonchev–Trinajstić information content (AvgIpc) is 2.99. The molecule has 2 N–H and O–H groups in total. The van der Waals surface area contributed by atoms with Crippen LogP contribution in [0.3, 0.4) is 0 Å². The van der Waals surface area contributed by atoms with Crippen molar-refractivity contribution in [3.63, 3.8) is 0 Å². The lowest BCUT2D eigenvalue weighted by atomic mass is 10.2. The fourth-order valence-electron chi connectivity index (χ4n) is 2.08. The first-order valence-corrected chi connectivity index (χ1v) is 7.76. The fourth-order valence-corrected chi connectivity index (χ4v) is 2.85. The van der Waals surface area contributed by atoms with Crippen molar-refractivity contribution in [2.45, 2.75) is 6.10 Å². The van der Waals surface area contributed by atoms with Crippen molar-refractivity contribution in [2.24, 2.45) is 0 Å². The quantitative estimate of drug-likeness (QED) is 0.728. The zero-order chi connectivity index (χ0) is 14.5. The Labute approximate surface area is 127 Å². The van der Waals surface area contributed by atoms with Gasteiger partial charge in [0.15, 0.2) is 0 Å². The van der Waals surface area contributed by atoms with Crippen molar-refractivity contribution in [2.75, 3.05) is 18.5 Å². The number of para-hydroxylation sites is 1. The number of ether oxygens (including phenoxy) is 1. The molecule has 21 heavy (non-hydrogen) atoms. The van der Waals surface area contributed by atoms with Gasteiger partial charge in [0.2, 0.25) is 0 Å². The number of aliphatic hydroxyl groups is 1. The molecule has 2 aromatic carbocycles. The fraction of sp³-hybridized carbons (Fsp3) is 0.176. The normalized spacial score (nSPS) is 12.2. The molecule has 0 saturated carbocycles. The number of thiophene rings is 1. The summed E-state index contributed by atoms with van der Waals surface area (Å²) < 4.78 is 6.80. The van der Waals surface area contributed by atoms with Gasteiger partial charge in [-0.1, -0.05) is 18.2 Å². The second-order valence-electron chi connectivity index (χ2n) is 4.83. The van der Waals surface area contributed by atoms with Gasteiger partial charge in [-0.25, -0.2) is 0 Å². The van der Waals surface area contributed by atoms with Gasteiger partial charge >= 0.3 is 0 Å². The van der Waals surface area contributed by atoms with Gasteiger partial charge in [0, 0.05) is 16.9 Å². The van der Waals surface area contributed by atoms with Crippen molar-refractivity contribution in [1.29, 1.82) is 0 Å². The van der Waals surface area contributed by atoms with Crippen molar-refractivity contribution < 1.29 is 9.84 Å². The minimum Gasteiger partial charge on any atom is -0.491 e. The maximum atomic E-state index is 9.96. The Balaban J connectivity index is 1.49. The number of benzene rings is 2. The summed E-state index contributed by atoms with van der Waals surface area (Å²) in [5, 5.41) is 16.5. The third-order valence-corrected chi connectivity index (χ3v) is 4.08. The smallest absolute Gasteiger partial charge is 0.119 e. The Kier molecular flexibility index (Phi) is 4.38. The van der Waals surface area contributed by atoms with E-state index in [9.17, 15) is 5.11 Å². The number of nitrogens with one attached hydrogen (secondary N) is 1. The highest BCUT2D eigenvalue weighted by molar-refractivity contribution is 7.17. The van der Waals surface area contributed by atoms with E-state index in [1.54, 1.807) is 11.3 Å².